The molecule has 0 radical (unpaired) electrons. The summed E-state index contributed by atoms with van der Waals surface area (Å²) in [6.07, 6.45) is 5.00. The van der Waals surface area contributed by atoms with E-state index < -0.39 is 0 Å². The van der Waals surface area contributed by atoms with Crippen LogP contribution in [0.3, 0.4) is 0 Å². The van der Waals surface area contributed by atoms with Crippen LogP contribution in [0.2, 0.25) is 0 Å². The van der Waals surface area contributed by atoms with Gasteiger partial charge in [-0.15, -0.1) is 0 Å². The minimum atomic E-state index is 0.257. The maximum atomic E-state index is 5.42. The van der Waals surface area contributed by atoms with Crippen molar-refractivity contribution in [3.8, 4) is 0 Å². The summed E-state index contributed by atoms with van der Waals surface area (Å²) in [5, 5.41) is 3.62. The highest BCUT2D eigenvalue weighted by molar-refractivity contribution is 4.95. The number of hydrogen-bond acceptors (Lipinski definition) is 3. The van der Waals surface area contributed by atoms with Crippen molar-refractivity contribution in [1.29, 1.82) is 0 Å². The smallest absolute Gasteiger partial charge is 0.0644 e. The van der Waals surface area contributed by atoms with E-state index in [2.05, 4.69) is 5.32 Å². The van der Waals surface area contributed by atoms with Crippen LogP contribution in [0.25, 0.3) is 0 Å². The summed E-state index contributed by atoms with van der Waals surface area (Å²) in [6, 6.07) is 0. The number of hydrogen-bond donors (Lipinski definition) is 1. The van der Waals surface area contributed by atoms with Gasteiger partial charge in [0, 0.05) is 25.9 Å². The van der Waals surface area contributed by atoms with Crippen molar-refractivity contribution < 1.29 is 9.47 Å². The van der Waals surface area contributed by atoms with E-state index in [0.29, 0.717) is 0 Å². The molecule has 3 nitrogen and oxygen atoms in total. The van der Waals surface area contributed by atoms with Gasteiger partial charge in [0.05, 0.1) is 6.61 Å². The van der Waals surface area contributed by atoms with Gasteiger partial charge >= 0.3 is 0 Å². The zero-order valence-electron chi connectivity index (χ0n) is 9.05. The molecule has 2 rings (SSSR count). The van der Waals surface area contributed by atoms with Gasteiger partial charge in [0.2, 0.25) is 0 Å². The Morgan fingerprint density at radius 3 is 3.07 bits per heavy atom. The van der Waals surface area contributed by atoms with Crippen LogP contribution in [0.4, 0.5) is 0 Å². The molecule has 0 aliphatic carbocycles. The van der Waals surface area contributed by atoms with E-state index in [-0.39, 0.29) is 5.54 Å². The molecule has 82 valence electrons. The van der Waals surface area contributed by atoms with Crippen molar-refractivity contribution in [1.82, 2.24) is 5.32 Å². The Bertz CT molecular complexity index is 172. The zero-order valence-corrected chi connectivity index (χ0v) is 9.05. The molecule has 0 bridgehead atoms. The molecular weight excluding hydrogens is 178 g/mol. The van der Waals surface area contributed by atoms with Crippen LogP contribution in [-0.2, 0) is 9.47 Å². The average molecular weight is 199 g/mol. The van der Waals surface area contributed by atoms with Gasteiger partial charge in [0.15, 0.2) is 0 Å². The Morgan fingerprint density at radius 1 is 1.57 bits per heavy atom. The molecule has 2 saturated heterocycles. The number of nitrogens with one attached hydrogen (secondary N) is 1. The van der Waals surface area contributed by atoms with E-state index in [1.165, 1.54) is 25.7 Å². The molecule has 0 saturated carbocycles. The van der Waals surface area contributed by atoms with Gasteiger partial charge in [-0.05, 0) is 38.1 Å². The lowest BCUT2D eigenvalue weighted by Gasteiger charge is -2.31. The van der Waals surface area contributed by atoms with Crippen molar-refractivity contribution >= 4 is 0 Å². The Hall–Kier alpha value is -0.120. The minimum absolute atomic E-state index is 0.257. The lowest BCUT2D eigenvalue weighted by molar-refractivity contribution is 0.0981. The molecule has 0 amide bonds. The van der Waals surface area contributed by atoms with Gasteiger partial charge in [0.25, 0.3) is 0 Å². The second kappa shape index (κ2) is 4.60. The van der Waals surface area contributed by atoms with Crippen LogP contribution in [0.15, 0.2) is 0 Å². The first-order valence-electron chi connectivity index (χ1n) is 5.66. The van der Waals surface area contributed by atoms with Crippen LogP contribution < -0.4 is 5.32 Å². The van der Waals surface area contributed by atoms with E-state index in [9.17, 15) is 0 Å². The van der Waals surface area contributed by atoms with Crippen LogP contribution >= 0.6 is 0 Å². The number of ether oxygens (including phenoxy) is 2. The first-order chi connectivity index (χ1) is 6.85. The molecule has 2 fully saturated rings. The largest absolute Gasteiger partial charge is 0.383 e. The summed E-state index contributed by atoms with van der Waals surface area (Å²) in [5.41, 5.74) is 0.257. The third-order valence-corrected chi connectivity index (χ3v) is 3.46. The maximum absolute atomic E-state index is 5.42. The Kier molecular flexibility index (Phi) is 3.42. The van der Waals surface area contributed by atoms with Gasteiger partial charge in [0.1, 0.15) is 0 Å². The summed E-state index contributed by atoms with van der Waals surface area (Å²) < 4.78 is 10.8. The Labute approximate surface area is 86.2 Å². The monoisotopic (exact) mass is 199 g/mol. The number of rotatable bonds is 4. The number of methoxy groups -OCH3 is 1. The summed E-state index contributed by atoms with van der Waals surface area (Å²) in [6.45, 7) is 3.90. The van der Waals surface area contributed by atoms with Crippen molar-refractivity contribution in [2.45, 2.75) is 31.2 Å². The van der Waals surface area contributed by atoms with E-state index >= 15 is 0 Å². The van der Waals surface area contributed by atoms with Gasteiger partial charge in [-0.3, -0.25) is 0 Å². The molecule has 1 N–H and O–H groups in total. The fourth-order valence-corrected chi connectivity index (χ4v) is 2.80. The molecule has 0 aromatic rings. The van der Waals surface area contributed by atoms with Crippen molar-refractivity contribution in [2.24, 2.45) is 5.92 Å². The fraction of sp³-hybridized carbons (Fsp3) is 1.00. The van der Waals surface area contributed by atoms with Crippen LogP contribution in [-0.4, -0.2) is 39.0 Å². The van der Waals surface area contributed by atoms with E-state index in [0.717, 1.165) is 32.3 Å². The molecule has 0 aromatic carbocycles. The first-order valence-corrected chi connectivity index (χ1v) is 5.66. The third-order valence-electron chi connectivity index (χ3n) is 3.46. The predicted molar refractivity (Wildman–Crippen MR) is 55.4 cm³/mol. The van der Waals surface area contributed by atoms with Crippen molar-refractivity contribution in [2.75, 3.05) is 33.5 Å². The fourth-order valence-electron chi connectivity index (χ4n) is 2.80. The highest BCUT2D eigenvalue weighted by atomic mass is 16.5. The summed E-state index contributed by atoms with van der Waals surface area (Å²) in [7, 11) is 1.80. The maximum Gasteiger partial charge on any atom is 0.0644 e. The minimum Gasteiger partial charge on any atom is -0.383 e. The quantitative estimate of drug-likeness (QED) is 0.737. The van der Waals surface area contributed by atoms with Gasteiger partial charge in [-0.25, -0.2) is 0 Å². The van der Waals surface area contributed by atoms with E-state index in [1.54, 1.807) is 7.11 Å². The summed E-state index contributed by atoms with van der Waals surface area (Å²) in [4.78, 5) is 0. The Balaban J connectivity index is 1.89. The van der Waals surface area contributed by atoms with Crippen molar-refractivity contribution in [3.63, 3.8) is 0 Å². The van der Waals surface area contributed by atoms with E-state index in [1.807, 2.05) is 0 Å². The standard InChI is InChI=1S/C11H21NO2/c1-13-9-11(4-2-5-12-11)7-10-3-6-14-8-10/h10,12H,2-9H2,1H3. The molecule has 0 aromatic heterocycles. The van der Waals surface area contributed by atoms with Crippen LogP contribution in [0.5, 0.6) is 0 Å². The van der Waals surface area contributed by atoms with Gasteiger partial charge in [-0.1, -0.05) is 0 Å². The van der Waals surface area contributed by atoms with E-state index in [4.69, 9.17) is 9.47 Å². The first kappa shape index (κ1) is 10.4. The molecule has 2 aliphatic heterocycles. The highest BCUT2D eigenvalue weighted by Crippen LogP contribution is 2.30. The summed E-state index contributed by atoms with van der Waals surface area (Å²) >= 11 is 0. The molecule has 2 atom stereocenters. The molecule has 3 heteroatoms. The summed E-state index contributed by atoms with van der Waals surface area (Å²) in [5.74, 6) is 0.746. The lowest BCUT2D eigenvalue weighted by Crippen LogP contribution is -2.45. The predicted octanol–water partition coefficient (Wildman–Crippen LogP) is 1.18. The normalized spacial score (nSPS) is 37.9. The molecule has 2 heterocycles. The molecule has 0 spiro atoms. The second-order valence-electron chi connectivity index (χ2n) is 4.68. The average Bonchev–Trinajstić information content (AvgIpc) is 2.78. The topological polar surface area (TPSA) is 30.5 Å². The SMILES string of the molecule is COCC1(CC2CCOC2)CCCN1. The highest BCUT2D eigenvalue weighted by Gasteiger charge is 2.36. The Morgan fingerprint density at radius 2 is 2.50 bits per heavy atom. The molecule has 2 unspecified atom stereocenters. The zero-order chi connectivity index (χ0) is 9.86. The van der Waals surface area contributed by atoms with Gasteiger partial charge < -0.3 is 14.8 Å². The third kappa shape index (κ3) is 2.27. The lowest BCUT2D eigenvalue weighted by atomic mass is 9.86. The molecular formula is C11H21NO2. The van der Waals surface area contributed by atoms with Gasteiger partial charge in [-0.2, -0.15) is 0 Å². The molecule has 14 heavy (non-hydrogen) atoms. The van der Waals surface area contributed by atoms with Crippen LogP contribution in [0.1, 0.15) is 25.7 Å². The molecule has 2 aliphatic rings. The van der Waals surface area contributed by atoms with Crippen molar-refractivity contribution in [3.05, 3.63) is 0 Å². The van der Waals surface area contributed by atoms with Crippen LogP contribution in [0, 0.1) is 5.92 Å². The second-order valence-corrected chi connectivity index (χ2v) is 4.68.